The normalized spacial score (nSPS) is 29.5. The Labute approximate surface area is 131 Å². The molecule has 1 saturated heterocycles. The summed E-state index contributed by atoms with van der Waals surface area (Å²) in [6.45, 7) is 1.84. The first-order chi connectivity index (χ1) is 10.5. The van der Waals surface area contributed by atoms with Gasteiger partial charge in [0.05, 0.1) is 6.42 Å². The van der Waals surface area contributed by atoms with Gasteiger partial charge in [0.1, 0.15) is 0 Å². The number of halogens is 3. The summed E-state index contributed by atoms with van der Waals surface area (Å²) in [5.41, 5.74) is 0. The zero-order chi connectivity index (χ0) is 16.0. The maximum Gasteiger partial charge on any atom is 0.390 e. The number of nitrogens with one attached hydrogen (secondary N) is 1. The van der Waals surface area contributed by atoms with E-state index in [0.29, 0.717) is 18.0 Å². The van der Waals surface area contributed by atoms with Gasteiger partial charge in [0.25, 0.3) is 0 Å². The molecule has 1 heterocycles. The summed E-state index contributed by atoms with van der Waals surface area (Å²) < 4.78 is 36.8. The van der Waals surface area contributed by atoms with Crippen molar-refractivity contribution in [2.24, 2.45) is 5.92 Å². The van der Waals surface area contributed by atoms with E-state index in [0.717, 1.165) is 38.8 Å². The minimum absolute atomic E-state index is 0.124. The topological polar surface area (TPSA) is 35.5 Å². The van der Waals surface area contributed by atoms with E-state index in [4.69, 9.17) is 0 Å². The third kappa shape index (κ3) is 6.05. The molecule has 0 unspecified atom stereocenters. The van der Waals surface area contributed by atoms with E-state index >= 15 is 0 Å². The third-order valence-electron chi connectivity index (χ3n) is 5.14. The minimum Gasteiger partial charge on any atom is -0.396 e. The maximum absolute atomic E-state index is 12.3. The van der Waals surface area contributed by atoms with Crippen LogP contribution in [0, 0.1) is 5.92 Å². The van der Waals surface area contributed by atoms with Crippen LogP contribution in [0.3, 0.4) is 0 Å². The highest BCUT2D eigenvalue weighted by Gasteiger charge is 2.30. The van der Waals surface area contributed by atoms with Gasteiger partial charge >= 0.3 is 6.18 Å². The van der Waals surface area contributed by atoms with Crippen LogP contribution in [0.5, 0.6) is 0 Å². The molecule has 2 N–H and O–H groups in total. The molecule has 0 spiro atoms. The fourth-order valence-electron chi connectivity index (χ4n) is 3.73. The molecule has 1 aliphatic carbocycles. The molecule has 6 heteroatoms. The van der Waals surface area contributed by atoms with E-state index in [1.54, 1.807) is 0 Å². The lowest BCUT2D eigenvalue weighted by atomic mass is 9.93. The molecule has 0 amide bonds. The summed E-state index contributed by atoms with van der Waals surface area (Å²) >= 11 is 0. The number of hydrogen-bond donors (Lipinski definition) is 2. The number of alkyl halides is 3. The highest BCUT2D eigenvalue weighted by atomic mass is 19.4. The molecule has 0 radical (unpaired) electrons. The Morgan fingerprint density at radius 3 is 2.32 bits per heavy atom. The van der Waals surface area contributed by atoms with Crippen molar-refractivity contribution in [2.75, 3.05) is 26.2 Å². The van der Waals surface area contributed by atoms with Gasteiger partial charge in [0.15, 0.2) is 0 Å². The van der Waals surface area contributed by atoms with Crippen molar-refractivity contribution in [1.82, 2.24) is 10.2 Å². The number of piperidine rings is 1. The van der Waals surface area contributed by atoms with Crippen LogP contribution in [0.15, 0.2) is 0 Å². The van der Waals surface area contributed by atoms with Gasteiger partial charge in [0.2, 0.25) is 0 Å². The van der Waals surface area contributed by atoms with E-state index in [9.17, 15) is 18.3 Å². The summed E-state index contributed by atoms with van der Waals surface area (Å²) in [4.78, 5) is 1.92. The molecule has 0 bridgehead atoms. The van der Waals surface area contributed by atoms with Crippen LogP contribution in [-0.4, -0.2) is 54.5 Å². The van der Waals surface area contributed by atoms with Crippen molar-refractivity contribution in [3.05, 3.63) is 0 Å². The summed E-state index contributed by atoms with van der Waals surface area (Å²) in [5, 5.41) is 13.2. The van der Waals surface area contributed by atoms with Crippen LogP contribution in [0.4, 0.5) is 13.2 Å². The second-order valence-corrected chi connectivity index (χ2v) is 6.83. The molecular weight excluding hydrogens is 293 g/mol. The average Bonchev–Trinajstić information content (AvgIpc) is 2.71. The fourth-order valence-corrected chi connectivity index (χ4v) is 3.73. The van der Waals surface area contributed by atoms with Gasteiger partial charge in [-0.25, -0.2) is 0 Å². The van der Waals surface area contributed by atoms with Gasteiger partial charge in [0, 0.05) is 25.2 Å². The Kier molecular flexibility index (Phi) is 6.96. The summed E-state index contributed by atoms with van der Waals surface area (Å²) in [5.74, 6) is 0.339. The van der Waals surface area contributed by atoms with Crippen LogP contribution in [0.1, 0.15) is 51.4 Å². The second-order valence-electron chi connectivity index (χ2n) is 6.83. The Balaban J connectivity index is 1.72. The number of aliphatic hydroxyl groups excluding tert-OH is 1. The molecule has 1 saturated carbocycles. The lowest BCUT2D eigenvalue weighted by Gasteiger charge is -2.36. The SMILES string of the molecule is OC[C@@H]1CCCCC[C@H]1NC1CCN(CCC(F)(F)F)CC1. The monoisotopic (exact) mass is 322 g/mol. The lowest BCUT2D eigenvalue weighted by molar-refractivity contribution is -0.138. The van der Waals surface area contributed by atoms with Crippen LogP contribution >= 0.6 is 0 Å². The van der Waals surface area contributed by atoms with Gasteiger partial charge in [-0.2, -0.15) is 13.2 Å². The van der Waals surface area contributed by atoms with Crippen LogP contribution in [0.2, 0.25) is 0 Å². The van der Waals surface area contributed by atoms with Gasteiger partial charge in [-0.15, -0.1) is 0 Å². The molecule has 1 aliphatic heterocycles. The van der Waals surface area contributed by atoms with Crippen LogP contribution in [0.25, 0.3) is 0 Å². The Morgan fingerprint density at radius 2 is 1.68 bits per heavy atom. The molecule has 22 heavy (non-hydrogen) atoms. The van der Waals surface area contributed by atoms with Crippen molar-refractivity contribution in [3.8, 4) is 0 Å². The highest BCUT2D eigenvalue weighted by molar-refractivity contribution is 4.85. The van der Waals surface area contributed by atoms with Crippen LogP contribution < -0.4 is 5.32 Å². The summed E-state index contributed by atoms with van der Waals surface area (Å²) in [6, 6.07) is 0.763. The van der Waals surface area contributed by atoms with Crippen molar-refractivity contribution >= 4 is 0 Å². The predicted octanol–water partition coefficient (Wildman–Crippen LogP) is 2.93. The second kappa shape index (κ2) is 8.50. The Hall–Kier alpha value is -0.330. The molecule has 130 valence electrons. The average molecular weight is 322 g/mol. The van der Waals surface area contributed by atoms with Gasteiger partial charge < -0.3 is 15.3 Å². The summed E-state index contributed by atoms with van der Waals surface area (Å²) in [6.07, 6.45) is 2.89. The molecule has 0 aromatic rings. The predicted molar refractivity (Wildman–Crippen MR) is 80.7 cm³/mol. The van der Waals surface area contributed by atoms with E-state index in [1.807, 2.05) is 4.90 Å². The number of aliphatic hydroxyl groups is 1. The first-order valence-electron chi connectivity index (χ1n) is 8.64. The zero-order valence-corrected chi connectivity index (χ0v) is 13.2. The smallest absolute Gasteiger partial charge is 0.390 e. The molecule has 2 aliphatic rings. The Bertz CT molecular complexity index is 317. The van der Waals surface area contributed by atoms with E-state index in [-0.39, 0.29) is 13.2 Å². The maximum atomic E-state index is 12.3. The lowest BCUT2D eigenvalue weighted by Crippen LogP contribution is -2.49. The minimum atomic E-state index is -4.05. The van der Waals surface area contributed by atoms with Crippen molar-refractivity contribution < 1.29 is 18.3 Å². The zero-order valence-electron chi connectivity index (χ0n) is 13.2. The van der Waals surface area contributed by atoms with E-state index < -0.39 is 12.6 Å². The van der Waals surface area contributed by atoms with Crippen molar-refractivity contribution in [2.45, 2.75) is 69.6 Å². The molecule has 2 atom stereocenters. The molecule has 2 fully saturated rings. The molecule has 2 rings (SSSR count). The fraction of sp³-hybridized carbons (Fsp3) is 1.00. The van der Waals surface area contributed by atoms with Crippen molar-refractivity contribution in [3.63, 3.8) is 0 Å². The first kappa shape index (κ1) is 18.0. The number of hydrogen-bond acceptors (Lipinski definition) is 3. The van der Waals surface area contributed by atoms with E-state index in [2.05, 4.69) is 5.32 Å². The number of rotatable bonds is 5. The molecule has 0 aromatic heterocycles. The number of likely N-dealkylation sites (tertiary alicyclic amines) is 1. The first-order valence-corrected chi connectivity index (χ1v) is 8.64. The molecule has 3 nitrogen and oxygen atoms in total. The van der Waals surface area contributed by atoms with Gasteiger partial charge in [-0.3, -0.25) is 0 Å². The Morgan fingerprint density at radius 1 is 1.00 bits per heavy atom. The van der Waals surface area contributed by atoms with Crippen LogP contribution in [-0.2, 0) is 0 Å². The largest absolute Gasteiger partial charge is 0.396 e. The van der Waals surface area contributed by atoms with Crippen molar-refractivity contribution in [1.29, 1.82) is 0 Å². The standard InChI is InChI=1S/C16H29F3N2O/c17-16(18,19)8-11-21-9-6-14(7-10-21)20-15-5-3-1-2-4-13(15)12-22/h13-15,20,22H,1-12H2/t13-,15+/m0/s1. The number of nitrogens with zero attached hydrogens (tertiary/aromatic N) is 1. The molecule has 0 aromatic carbocycles. The van der Waals surface area contributed by atoms with E-state index in [1.165, 1.54) is 19.3 Å². The third-order valence-corrected chi connectivity index (χ3v) is 5.14. The summed E-state index contributed by atoms with van der Waals surface area (Å²) in [7, 11) is 0. The van der Waals surface area contributed by atoms with Gasteiger partial charge in [-0.05, 0) is 44.7 Å². The van der Waals surface area contributed by atoms with Gasteiger partial charge in [-0.1, -0.05) is 19.3 Å². The molecular formula is C16H29F3N2O. The highest BCUT2D eigenvalue weighted by Crippen LogP contribution is 2.25. The quantitative estimate of drug-likeness (QED) is 0.764.